The molecule has 140 valence electrons. The van der Waals surface area contributed by atoms with Crippen LogP contribution in [-0.4, -0.2) is 9.97 Å². The van der Waals surface area contributed by atoms with E-state index in [9.17, 15) is 13.2 Å². The Labute approximate surface area is 157 Å². The molecule has 0 unspecified atom stereocenters. The second kappa shape index (κ2) is 6.80. The number of pyridine rings is 2. The maximum Gasteiger partial charge on any atom is 0.417 e. The van der Waals surface area contributed by atoms with Crippen LogP contribution in [0.1, 0.15) is 37.5 Å². The van der Waals surface area contributed by atoms with Gasteiger partial charge in [0, 0.05) is 23.5 Å². The summed E-state index contributed by atoms with van der Waals surface area (Å²) in [6.07, 6.45) is -1.71. The molecule has 0 aliphatic carbocycles. The molecule has 5 heteroatoms. The normalized spacial score (nSPS) is 12.3. The predicted octanol–water partition coefficient (Wildman–Crippen LogP) is 6.44. The van der Waals surface area contributed by atoms with Crippen LogP contribution in [0.25, 0.3) is 22.5 Å². The third kappa shape index (κ3) is 4.35. The SMILES string of the molecule is Cc1ccc(-c2cc(-c3ccc(C(F)(F)F)cn3)cc(C(C)(C)C)c2)nc1. The third-order valence-corrected chi connectivity index (χ3v) is 4.39. The van der Waals surface area contributed by atoms with Crippen molar-refractivity contribution in [3.63, 3.8) is 0 Å². The maximum absolute atomic E-state index is 12.8. The first-order valence-electron chi connectivity index (χ1n) is 8.66. The first-order valence-corrected chi connectivity index (χ1v) is 8.66. The molecule has 0 fully saturated rings. The molecule has 27 heavy (non-hydrogen) atoms. The van der Waals surface area contributed by atoms with Gasteiger partial charge in [-0.05, 0) is 59.9 Å². The average molecular weight is 370 g/mol. The summed E-state index contributed by atoms with van der Waals surface area (Å²) in [7, 11) is 0. The molecular formula is C22H21F3N2. The summed E-state index contributed by atoms with van der Waals surface area (Å²) in [4.78, 5) is 8.53. The molecule has 0 aliphatic heterocycles. The molecule has 0 saturated heterocycles. The molecule has 3 rings (SSSR count). The molecule has 0 spiro atoms. The predicted molar refractivity (Wildman–Crippen MR) is 101 cm³/mol. The van der Waals surface area contributed by atoms with E-state index in [1.54, 1.807) is 6.20 Å². The molecule has 2 heterocycles. The van der Waals surface area contributed by atoms with Crippen LogP contribution in [-0.2, 0) is 11.6 Å². The van der Waals surface area contributed by atoms with Gasteiger partial charge >= 0.3 is 6.18 Å². The second-order valence-electron chi connectivity index (χ2n) is 7.70. The number of hydrogen-bond donors (Lipinski definition) is 0. The van der Waals surface area contributed by atoms with Crippen molar-refractivity contribution in [1.29, 1.82) is 0 Å². The number of nitrogens with zero attached hydrogens (tertiary/aromatic N) is 2. The highest BCUT2D eigenvalue weighted by Gasteiger charge is 2.30. The summed E-state index contributed by atoms with van der Waals surface area (Å²) in [5, 5.41) is 0. The van der Waals surface area contributed by atoms with Crippen molar-refractivity contribution in [2.45, 2.75) is 39.3 Å². The highest BCUT2D eigenvalue weighted by Crippen LogP contribution is 2.34. The smallest absolute Gasteiger partial charge is 0.256 e. The molecule has 0 radical (unpaired) electrons. The number of alkyl halides is 3. The van der Waals surface area contributed by atoms with Gasteiger partial charge in [-0.25, -0.2) is 0 Å². The van der Waals surface area contributed by atoms with Gasteiger partial charge in [-0.15, -0.1) is 0 Å². The van der Waals surface area contributed by atoms with Gasteiger partial charge in [0.15, 0.2) is 0 Å². The summed E-state index contributed by atoms with van der Waals surface area (Å²) in [5.74, 6) is 0. The van der Waals surface area contributed by atoms with Crippen molar-refractivity contribution < 1.29 is 13.2 Å². The van der Waals surface area contributed by atoms with Crippen molar-refractivity contribution in [3.05, 3.63) is 71.5 Å². The fourth-order valence-electron chi connectivity index (χ4n) is 2.73. The lowest BCUT2D eigenvalue weighted by Crippen LogP contribution is -2.11. The number of rotatable bonds is 2. The summed E-state index contributed by atoms with van der Waals surface area (Å²) in [6.45, 7) is 8.26. The zero-order valence-corrected chi connectivity index (χ0v) is 15.7. The topological polar surface area (TPSA) is 25.8 Å². The minimum Gasteiger partial charge on any atom is -0.256 e. The summed E-state index contributed by atoms with van der Waals surface area (Å²) >= 11 is 0. The molecule has 3 aromatic rings. The fraction of sp³-hybridized carbons (Fsp3) is 0.273. The third-order valence-electron chi connectivity index (χ3n) is 4.39. The van der Waals surface area contributed by atoms with Gasteiger partial charge in [-0.3, -0.25) is 9.97 Å². The largest absolute Gasteiger partial charge is 0.417 e. The van der Waals surface area contributed by atoms with Crippen molar-refractivity contribution in [2.75, 3.05) is 0 Å². The summed E-state index contributed by atoms with van der Waals surface area (Å²) in [5.41, 5.74) is 4.27. The highest BCUT2D eigenvalue weighted by molar-refractivity contribution is 5.71. The average Bonchev–Trinajstić information content (AvgIpc) is 2.60. The lowest BCUT2D eigenvalue weighted by atomic mass is 9.84. The Morgan fingerprint density at radius 1 is 0.704 bits per heavy atom. The zero-order valence-electron chi connectivity index (χ0n) is 15.7. The van der Waals surface area contributed by atoms with E-state index >= 15 is 0 Å². The monoisotopic (exact) mass is 370 g/mol. The van der Waals surface area contributed by atoms with Crippen molar-refractivity contribution in [3.8, 4) is 22.5 Å². The first kappa shape index (κ1) is 19.1. The van der Waals surface area contributed by atoms with Crippen LogP contribution in [0.2, 0.25) is 0 Å². The quantitative estimate of drug-likeness (QED) is 0.519. The lowest BCUT2D eigenvalue weighted by molar-refractivity contribution is -0.137. The van der Waals surface area contributed by atoms with Gasteiger partial charge in [0.1, 0.15) is 0 Å². The van der Waals surface area contributed by atoms with E-state index in [1.165, 1.54) is 6.07 Å². The number of aromatic nitrogens is 2. The van der Waals surface area contributed by atoms with Crippen LogP contribution in [0.15, 0.2) is 54.9 Å². The number of hydrogen-bond acceptors (Lipinski definition) is 2. The lowest BCUT2D eigenvalue weighted by Gasteiger charge is -2.21. The zero-order chi connectivity index (χ0) is 19.8. The van der Waals surface area contributed by atoms with Crippen molar-refractivity contribution in [2.24, 2.45) is 0 Å². The highest BCUT2D eigenvalue weighted by atomic mass is 19.4. The summed E-state index contributed by atoms with van der Waals surface area (Å²) in [6, 6.07) is 12.4. The standard InChI is InChI=1S/C22H21F3N2/c1-14-5-7-19(26-12-14)15-9-16(11-18(10-15)21(2,3)4)20-8-6-17(13-27-20)22(23,24)25/h5-13H,1-4H3. The molecule has 0 atom stereocenters. The van der Waals surface area contributed by atoms with E-state index < -0.39 is 11.7 Å². The van der Waals surface area contributed by atoms with E-state index in [1.807, 2.05) is 31.2 Å². The molecule has 0 aliphatic rings. The minimum atomic E-state index is -4.39. The van der Waals surface area contributed by atoms with Gasteiger partial charge in [-0.2, -0.15) is 13.2 Å². The Balaban J connectivity index is 2.12. The molecule has 0 N–H and O–H groups in total. The Bertz CT molecular complexity index is 935. The van der Waals surface area contributed by atoms with Gasteiger partial charge in [0.2, 0.25) is 0 Å². The van der Waals surface area contributed by atoms with E-state index in [0.717, 1.165) is 40.2 Å². The Morgan fingerprint density at radius 2 is 1.26 bits per heavy atom. The molecule has 2 aromatic heterocycles. The Kier molecular flexibility index (Phi) is 4.81. The fourth-order valence-corrected chi connectivity index (χ4v) is 2.73. The van der Waals surface area contributed by atoms with Gasteiger partial charge in [0.25, 0.3) is 0 Å². The van der Waals surface area contributed by atoms with E-state index in [4.69, 9.17) is 0 Å². The van der Waals surface area contributed by atoms with Crippen LogP contribution in [0.3, 0.4) is 0 Å². The molecular weight excluding hydrogens is 349 g/mol. The van der Waals surface area contributed by atoms with Gasteiger partial charge in [0.05, 0.1) is 17.0 Å². The summed E-state index contributed by atoms with van der Waals surface area (Å²) < 4.78 is 38.4. The van der Waals surface area contributed by atoms with Crippen LogP contribution >= 0.6 is 0 Å². The number of halogens is 3. The van der Waals surface area contributed by atoms with E-state index in [2.05, 4.69) is 36.8 Å². The molecule has 2 nitrogen and oxygen atoms in total. The molecule has 0 bridgehead atoms. The molecule has 0 amide bonds. The Hall–Kier alpha value is -2.69. The van der Waals surface area contributed by atoms with Crippen molar-refractivity contribution >= 4 is 0 Å². The van der Waals surface area contributed by atoms with E-state index in [0.29, 0.717) is 5.69 Å². The minimum absolute atomic E-state index is 0.124. The van der Waals surface area contributed by atoms with Crippen molar-refractivity contribution in [1.82, 2.24) is 9.97 Å². The number of aryl methyl sites for hydroxylation is 1. The van der Waals surface area contributed by atoms with Crippen LogP contribution in [0, 0.1) is 6.92 Å². The van der Waals surface area contributed by atoms with Gasteiger partial charge < -0.3 is 0 Å². The first-order chi connectivity index (χ1) is 12.5. The molecule has 1 aromatic carbocycles. The van der Waals surface area contributed by atoms with Crippen LogP contribution in [0.5, 0.6) is 0 Å². The van der Waals surface area contributed by atoms with E-state index in [-0.39, 0.29) is 5.41 Å². The van der Waals surface area contributed by atoms with Crippen LogP contribution < -0.4 is 0 Å². The Morgan fingerprint density at radius 3 is 1.67 bits per heavy atom. The number of benzene rings is 1. The van der Waals surface area contributed by atoms with Gasteiger partial charge in [-0.1, -0.05) is 26.8 Å². The second-order valence-corrected chi connectivity index (χ2v) is 7.70. The maximum atomic E-state index is 12.8. The van der Waals surface area contributed by atoms with Crippen LogP contribution in [0.4, 0.5) is 13.2 Å². The molecule has 0 saturated carbocycles.